The molecule has 0 amide bonds. The van der Waals surface area contributed by atoms with Gasteiger partial charge < -0.3 is 5.11 Å². The van der Waals surface area contributed by atoms with E-state index < -0.39 is 0 Å². The van der Waals surface area contributed by atoms with Gasteiger partial charge in [0.25, 0.3) is 0 Å². The number of hydrogen-bond donors (Lipinski definition) is 1. The molecule has 0 aromatic heterocycles. The molecule has 3 fully saturated rings. The average molecular weight is 154 g/mol. The summed E-state index contributed by atoms with van der Waals surface area (Å²) in [7, 11) is 0. The first-order valence-corrected chi connectivity index (χ1v) is 4.67. The third kappa shape index (κ3) is 0.807. The van der Waals surface area contributed by atoms with Crippen LogP contribution in [-0.4, -0.2) is 10.7 Å². The van der Waals surface area contributed by atoms with Crippen LogP contribution in [0, 0.1) is 17.3 Å². The van der Waals surface area contributed by atoms with Crippen LogP contribution in [0.2, 0.25) is 0 Å². The molecule has 1 N–H and O–H groups in total. The van der Waals surface area contributed by atoms with Crippen LogP contribution in [0.25, 0.3) is 0 Å². The van der Waals surface area contributed by atoms with Crippen LogP contribution < -0.4 is 0 Å². The number of fused-ring (bicyclic) bond motifs is 2. The summed E-state index contributed by atoms with van der Waals surface area (Å²) in [4.78, 5) is 0. The average Bonchev–Trinajstić information content (AvgIpc) is 1.84. The maximum atomic E-state index is 10.0. The van der Waals surface area contributed by atoms with E-state index in [-0.39, 0.29) is 5.60 Å². The fourth-order valence-corrected chi connectivity index (χ4v) is 3.20. The summed E-state index contributed by atoms with van der Waals surface area (Å²) >= 11 is 0. The zero-order valence-corrected chi connectivity index (χ0v) is 7.72. The van der Waals surface area contributed by atoms with Crippen molar-refractivity contribution in [2.24, 2.45) is 17.3 Å². The number of aliphatic hydroxyl groups is 1. The smallest absolute Gasteiger partial charge is 0.0653 e. The molecular formula is C10H18O. The first-order chi connectivity index (χ1) is 4.94. The molecule has 2 unspecified atom stereocenters. The Morgan fingerprint density at radius 3 is 2.18 bits per heavy atom. The molecule has 3 aliphatic carbocycles. The molecule has 0 heterocycles. The van der Waals surface area contributed by atoms with E-state index in [1.54, 1.807) is 0 Å². The molecule has 1 heteroatoms. The predicted molar refractivity (Wildman–Crippen MR) is 45.2 cm³/mol. The number of rotatable bonds is 0. The second-order valence-electron chi connectivity index (χ2n) is 5.20. The second kappa shape index (κ2) is 1.82. The Balaban J connectivity index is 2.23. The van der Waals surface area contributed by atoms with Gasteiger partial charge in [0.15, 0.2) is 0 Å². The van der Waals surface area contributed by atoms with Gasteiger partial charge in [-0.05, 0) is 43.4 Å². The van der Waals surface area contributed by atoms with Crippen LogP contribution in [0.1, 0.15) is 40.0 Å². The van der Waals surface area contributed by atoms with Gasteiger partial charge in [-0.1, -0.05) is 13.8 Å². The molecule has 1 nitrogen and oxygen atoms in total. The molecule has 3 saturated carbocycles. The van der Waals surface area contributed by atoms with Crippen molar-refractivity contribution in [3.05, 3.63) is 0 Å². The SMILES string of the molecule is CC1(C)C2CC[C@@](C)(O)C1C2. The molecule has 0 aromatic carbocycles. The maximum Gasteiger partial charge on any atom is 0.0653 e. The van der Waals surface area contributed by atoms with Gasteiger partial charge in [0.1, 0.15) is 0 Å². The quantitative estimate of drug-likeness (QED) is 0.567. The van der Waals surface area contributed by atoms with Gasteiger partial charge in [-0.15, -0.1) is 0 Å². The van der Waals surface area contributed by atoms with Crippen molar-refractivity contribution in [1.82, 2.24) is 0 Å². The van der Waals surface area contributed by atoms with Crippen LogP contribution >= 0.6 is 0 Å². The van der Waals surface area contributed by atoms with Crippen LogP contribution in [-0.2, 0) is 0 Å². The summed E-state index contributed by atoms with van der Waals surface area (Å²) in [6, 6.07) is 0. The fraction of sp³-hybridized carbons (Fsp3) is 1.00. The van der Waals surface area contributed by atoms with Crippen molar-refractivity contribution in [2.45, 2.75) is 45.6 Å². The summed E-state index contributed by atoms with van der Waals surface area (Å²) in [5.74, 6) is 1.46. The van der Waals surface area contributed by atoms with Gasteiger partial charge in [-0.2, -0.15) is 0 Å². The van der Waals surface area contributed by atoms with Crippen LogP contribution in [0.4, 0.5) is 0 Å². The summed E-state index contributed by atoms with van der Waals surface area (Å²) in [6.07, 6.45) is 3.52. The highest BCUT2D eigenvalue weighted by Gasteiger charge is 2.58. The molecule has 64 valence electrons. The van der Waals surface area contributed by atoms with E-state index in [1.165, 1.54) is 12.8 Å². The van der Waals surface area contributed by atoms with Crippen molar-refractivity contribution in [1.29, 1.82) is 0 Å². The molecule has 3 atom stereocenters. The minimum Gasteiger partial charge on any atom is -0.390 e. The topological polar surface area (TPSA) is 20.2 Å². The van der Waals surface area contributed by atoms with Crippen molar-refractivity contribution in [2.75, 3.05) is 0 Å². The first kappa shape index (κ1) is 7.60. The highest BCUT2D eigenvalue weighted by atomic mass is 16.3. The van der Waals surface area contributed by atoms with Crippen molar-refractivity contribution >= 4 is 0 Å². The first-order valence-electron chi connectivity index (χ1n) is 4.67. The summed E-state index contributed by atoms with van der Waals surface area (Å²) in [5.41, 5.74) is 0.0556. The Morgan fingerprint density at radius 1 is 1.27 bits per heavy atom. The van der Waals surface area contributed by atoms with Gasteiger partial charge in [-0.3, -0.25) is 0 Å². The minimum absolute atomic E-state index is 0.363. The standard InChI is InChI=1S/C10H18O/c1-9(2)7-4-5-10(3,11)8(9)6-7/h7-8,11H,4-6H2,1-3H3/t7?,8?,10-/m1/s1. The monoisotopic (exact) mass is 154 g/mol. The van der Waals surface area contributed by atoms with Crippen molar-refractivity contribution in [3.63, 3.8) is 0 Å². The molecule has 3 rings (SSSR count). The lowest BCUT2D eigenvalue weighted by atomic mass is 9.44. The molecular weight excluding hydrogens is 136 g/mol. The predicted octanol–water partition coefficient (Wildman–Crippen LogP) is 2.19. The zero-order valence-electron chi connectivity index (χ0n) is 7.72. The third-order valence-corrected chi connectivity index (χ3v) is 4.22. The Morgan fingerprint density at radius 2 is 1.91 bits per heavy atom. The summed E-state index contributed by atoms with van der Waals surface area (Å²) in [6.45, 7) is 6.62. The second-order valence-corrected chi connectivity index (χ2v) is 5.20. The van der Waals surface area contributed by atoms with Gasteiger partial charge >= 0.3 is 0 Å². The Kier molecular flexibility index (Phi) is 1.26. The lowest BCUT2D eigenvalue weighted by Crippen LogP contribution is -2.60. The molecule has 0 spiro atoms. The summed E-state index contributed by atoms with van der Waals surface area (Å²) < 4.78 is 0. The fourth-order valence-electron chi connectivity index (χ4n) is 3.20. The normalized spacial score (nSPS) is 53.5. The lowest BCUT2D eigenvalue weighted by Gasteiger charge is -2.62. The molecule has 0 aromatic rings. The van der Waals surface area contributed by atoms with Gasteiger partial charge in [0, 0.05) is 0 Å². The summed E-state index contributed by atoms with van der Waals surface area (Å²) in [5, 5.41) is 10.0. The minimum atomic E-state index is -0.363. The zero-order chi connectivity index (χ0) is 8.28. The Hall–Kier alpha value is -0.0400. The van der Waals surface area contributed by atoms with E-state index in [2.05, 4.69) is 13.8 Å². The lowest BCUT2D eigenvalue weighted by molar-refractivity contribution is -0.192. The third-order valence-electron chi connectivity index (χ3n) is 4.22. The van der Waals surface area contributed by atoms with Gasteiger partial charge in [0.05, 0.1) is 5.60 Å². The molecule has 2 bridgehead atoms. The van der Waals surface area contributed by atoms with E-state index in [9.17, 15) is 5.11 Å². The molecule has 11 heavy (non-hydrogen) atoms. The van der Waals surface area contributed by atoms with Gasteiger partial charge in [-0.25, -0.2) is 0 Å². The maximum absolute atomic E-state index is 10.0. The molecule has 3 aliphatic rings. The van der Waals surface area contributed by atoms with E-state index in [0.717, 1.165) is 12.3 Å². The number of hydrogen-bond acceptors (Lipinski definition) is 1. The Bertz CT molecular complexity index is 171. The molecule has 0 saturated heterocycles. The van der Waals surface area contributed by atoms with Crippen LogP contribution in [0.3, 0.4) is 0 Å². The van der Waals surface area contributed by atoms with Crippen molar-refractivity contribution < 1.29 is 5.11 Å². The molecule has 0 aliphatic heterocycles. The van der Waals surface area contributed by atoms with Gasteiger partial charge in [0.2, 0.25) is 0 Å². The van der Waals surface area contributed by atoms with Crippen LogP contribution in [0.5, 0.6) is 0 Å². The van der Waals surface area contributed by atoms with E-state index in [4.69, 9.17) is 0 Å². The molecule has 0 radical (unpaired) electrons. The largest absolute Gasteiger partial charge is 0.390 e. The van der Waals surface area contributed by atoms with E-state index in [0.29, 0.717) is 11.3 Å². The Labute approximate surface area is 68.8 Å². The van der Waals surface area contributed by atoms with E-state index in [1.807, 2.05) is 6.92 Å². The van der Waals surface area contributed by atoms with Crippen LogP contribution in [0.15, 0.2) is 0 Å². The highest BCUT2D eigenvalue weighted by molar-refractivity contribution is 5.08. The van der Waals surface area contributed by atoms with E-state index >= 15 is 0 Å². The highest BCUT2D eigenvalue weighted by Crippen LogP contribution is 2.62. The van der Waals surface area contributed by atoms with Crippen molar-refractivity contribution in [3.8, 4) is 0 Å².